The second-order valence-corrected chi connectivity index (χ2v) is 8.51. The van der Waals surface area contributed by atoms with Gasteiger partial charge in [-0.15, -0.1) is 11.8 Å². The number of thioether (sulfide) groups is 1. The van der Waals surface area contributed by atoms with Crippen LogP contribution in [0.2, 0.25) is 0 Å². The molecular weight excluding hydrogens is 400 g/mol. The molecule has 4 rings (SSSR count). The van der Waals surface area contributed by atoms with Crippen molar-refractivity contribution in [2.24, 2.45) is 0 Å². The molecule has 156 valence electrons. The van der Waals surface area contributed by atoms with Gasteiger partial charge in [0.25, 0.3) is 0 Å². The molecule has 2 aromatic carbocycles. The fourth-order valence-corrected chi connectivity index (χ4v) is 5.28. The first kappa shape index (κ1) is 20.5. The number of esters is 1. The highest BCUT2D eigenvalue weighted by molar-refractivity contribution is 8.00. The molecule has 0 radical (unpaired) electrons. The summed E-state index contributed by atoms with van der Waals surface area (Å²) in [7, 11) is 5.26. The van der Waals surface area contributed by atoms with Crippen molar-refractivity contribution in [2.75, 3.05) is 27.0 Å². The molecule has 0 unspecified atom stereocenters. The lowest BCUT2D eigenvalue weighted by Gasteiger charge is -2.51. The third-order valence-electron chi connectivity index (χ3n) is 5.33. The topological polar surface area (TPSA) is 59.1 Å². The molecule has 2 aliphatic heterocycles. The van der Waals surface area contributed by atoms with Gasteiger partial charge < -0.3 is 9.47 Å². The normalized spacial score (nSPS) is 20.8. The van der Waals surface area contributed by atoms with Crippen LogP contribution >= 0.6 is 11.8 Å². The molecule has 2 heterocycles. The molecule has 0 aliphatic carbocycles. The minimum atomic E-state index is -0.584. The lowest BCUT2D eigenvalue weighted by molar-refractivity contribution is -0.157. The van der Waals surface area contributed by atoms with Gasteiger partial charge in [0, 0.05) is 0 Å². The quantitative estimate of drug-likeness (QED) is 0.525. The van der Waals surface area contributed by atoms with E-state index in [-0.39, 0.29) is 23.0 Å². The average Bonchev–Trinajstić information content (AvgIpc) is 2.77. The highest BCUT2D eigenvalue weighted by Crippen LogP contribution is 2.42. The van der Waals surface area contributed by atoms with Gasteiger partial charge in [-0.1, -0.05) is 60.7 Å². The first-order valence-corrected chi connectivity index (χ1v) is 10.8. The van der Waals surface area contributed by atoms with E-state index in [0.717, 1.165) is 11.1 Å². The Morgan fingerprint density at radius 3 is 2.13 bits per heavy atom. The summed E-state index contributed by atoms with van der Waals surface area (Å²) in [4.78, 5) is 29.6. The van der Waals surface area contributed by atoms with Gasteiger partial charge in [0.1, 0.15) is 17.2 Å². The van der Waals surface area contributed by atoms with Crippen LogP contribution in [-0.2, 0) is 19.1 Å². The number of ether oxygens (including phenoxy) is 2. The summed E-state index contributed by atoms with van der Waals surface area (Å²) in [6.07, 6.45) is -0.584. The van der Waals surface area contributed by atoms with E-state index in [1.807, 2.05) is 79.7 Å². The number of hydrogen-bond acceptors (Lipinski definition) is 6. The zero-order chi connectivity index (χ0) is 21.3. The first-order chi connectivity index (χ1) is 14.5. The minimum absolute atomic E-state index is 0.116. The Labute approximate surface area is 180 Å². The van der Waals surface area contributed by atoms with Crippen molar-refractivity contribution >= 4 is 23.6 Å². The zero-order valence-electron chi connectivity index (χ0n) is 17.1. The number of benzene rings is 2. The third-order valence-corrected chi connectivity index (χ3v) is 6.57. The summed E-state index contributed by atoms with van der Waals surface area (Å²) in [5.74, 6) is 0.308. The molecule has 7 heteroatoms. The SMILES string of the molecule is COC1=C(C(=O)OC(c2ccccc2)c2ccccc2)N2C(=O)[C@@H](N(C)C)[C@@H]2SC1. The van der Waals surface area contributed by atoms with Crippen LogP contribution in [0.5, 0.6) is 0 Å². The van der Waals surface area contributed by atoms with E-state index in [0.29, 0.717) is 11.5 Å². The highest BCUT2D eigenvalue weighted by Gasteiger charge is 2.55. The molecule has 2 atom stereocenters. The zero-order valence-corrected chi connectivity index (χ0v) is 18.0. The fraction of sp³-hybridized carbons (Fsp3) is 0.304. The third kappa shape index (κ3) is 3.59. The van der Waals surface area contributed by atoms with Crippen LogP contribution < -0.4 is 0 Å². The summed E-state index contributed by atoms with van der Waals surface area (Å²) in [5.41, 5.74) is 1.93. The van der Waals surface area contributed by atoms with Gasteiger partial charge in [0.2, 0.25) is 5.91 Å². The molecule has 1 amide bonds. The van der Waals surface area contributed by atoms with Gasteiger partial charge in [0.15, 0.2) is 11.8 Å². The van der Waals surface area contributed by atoms with Crippen LogP contribution in [0.1, 0.15) is 17.2 Å². The average molecular weight is 425 g/mol. The number of methoxy groups -OCH3 is 1. The minimum Gasteiger partial charge on any atom is -0.498 e. The van der Waals surface area contributed by atoms with Gasteiger partial charge in [-0.2, -0.15) is 0 Å². The number of amides is 1. The maximum Gasteiger partial charge on any atom is 0.359 e. The summed E-state index contributed by atoms with van der Waals surface area (Å²) in [6, 6.07) is 18.9. The summed E-state index contributed by atoms with van der Waals surface area (Å²) >= 11 is 1.59. The van der Waals surface area contributed by atoms with Gasteiger partial charge in [-0.3, -0.25) is 14.6 Å². The predicted molar refractivity (Wildman–Crippen MR) is 115 cm³/mol. The fourth-order valence-electron chi connectivity index (χ4n) is 3.81. The maximum absolute atomic E-state index is 13.4. The predicted octanol–water partition coefficient (Wildman–Crippen LogP) is 3.02. The van der Waals surface area contributed by atoms with E-state index in [1.165, 1.54) is 12.0 Å². The Kier molecular flexibility index (Phi) is 5.83. The van der Waals surface area contributed by atoms with E-state index in [4.69, 9.17) is 9.47 Å². The highest BCUT2D eigenvalue weighted by atomic mass is 32.2. The van der Waals surface area contributed by atoms with Crippen molar-refractivity contribution in [1.82, 2.24) is 9.80 Å². The van der Waals surface area contributed by atoms with Crippen LogP contribution in [0.15, 0.2) is 72.1 Å². The van der Waals surface area contributed by atoms with Crippen molar-refractivity contribution < 1.29 is 19.1 Å². The molecule has 0 saturated carbocycles. The van der Waals surface area contributed by atoms with Crippen LogP contribution in [0.25, 0.3) is 0 Å². The molecule has 2 aliphatic rings. The van der Waals surface area contributed by atoms with Gasteiger partial charge in [-0.25, -0.2) is 4.79 Å². The van der Waals surface area contributed by atoms with Crippen LogP contribution in [0.3, 0.4) is 0 Å². The number of fused-ring (bicyclic) bond motifs is 1. The molecular formula is C23H24N2O4S. The lowest BCUT2D eigenvalue weighted by atomic mass is 10.0. The van der Waals surface area contributed by atoms with Crippen LogP contribution in [-0.4, -0.2) is 60.1 Å². The maximum atomic E-state index is 13.4. The molecule has 0 N–H and O–H groups in total. The molecule has 2 aromatic rings. The van der Waals surface area contributed by atoms with Crippen LogP contribution in [0, 0.1) is 0 Å². The number of hydrogen-bond donors (Lipinski definition) is 0. The number of likely N-dealkylation sites (N-methyl/N-ethyl adjacent to an activating group) is 1. The summed E-state index contributed by atoms with van der Waals surface area (Å²) < 4.78 is 11.5. The largest absolute Gasteiger partial charge is 0.498 e. The van der Waals surface area contributed by atoms with Crippen molar-refractivity contribution in [1.29, 1.82) is 0 Å². The Hall–Kier alpha value is -2.77. The molecule has 1 fully saturated rings. The van der Waals surface area contributed by atoms with E-state index < -0.39 is 12.1 Å². The smallest absolute Gasteiger partial charge is 0.359 e. The van der Waals surface area contributed by atoms with E-state index >= 15 is 0 Å². The summed E-state index contributed by atoms with van der Waals surface area (Å²) in [5, 5.41) is -0.124. The van der Waals surface area contributed by atoms with Gasteiger partial charge >= 0.3 is 5.97 Å². The monoisotopic (exact) mass is 424 g/mol. The Balaban J connectivity index is 1.66. The molecule has 1 saturated heterocycles. The Morgan fingerprint density at radius 2 is 1.63 bits per heavy atom. The summed E-state index contributed by atoms with van der Waals surface area (Å²) in [6.45, 7) is 0. The molecule has 0 bridgehead atoms. The molecule has 30 heavy (non-hydrogen) atoms. The van der Waals surface area contributed by atoms with E-state index in [9.17, 15) is 9.59 Å². The van der Waals surface area contributed by atoms with Crippen LogP contribution in [0.4, 0.5) is 0 Å². The van der Waals surface area contributed by atoms with E-state index in [2.05, 4.69) is 0 Å². The van der Waals surface area contributed by atoms with Crippen molar-refractivity contribution in [2.45, 2.75) is 17.5 Å². The number of β-lactam (4-membered cyclic amide) rings is 1. The number of nitrogens with zero attached hydrogens (tertiary/aromatic N) is 2. The Morgan fingerprint density at radius 1 is 1.07 bits per heavy atom. The Bertz CT molecular complexity index is 922. The van der Waals surface area contributed by atoms with Crippen molar-refractivity contribution in [3.05, 3.63) is 83.2 Å². The second-order valence-electron chi connectivity index (χ2n) is 7.40. The van der Waals surface area contributed by atoms with E-state index in [1.54, 1.807) is 11.8 Å². The molecule has 0 aromatic heterocycles. The number of carbonyl (C=O) groups excluding carboxylic acids is 2. The molecule has 0 spiro atoms. The first-order valence-electron chi connectivity index (χ1n) is 9.72. The van der Waals surface area contributed by atoms with Crippen molar-refractivity contribution in [3.8, 4) is 0 Å². The lowest BCUT2D eigenvalue weighted by Crippen LogP contribution is -2.69. The molecule has 6 nitrogen and oxygen atoms in total. The van der Waals surface area contributed by atoms with Gasteiger partial charge in [-0.05, 0) is 25.2 Å². The number of carbonyl (C=O) groups is 2. The standard InChI is InChI=1S/C23H24N2O4S/c1-24(2)19-21(26)25-18(17(28-3)14-30-22(19)25)23(27)29-20(15-10-6-4-7-11-15)16-12-8-5-9-13-16/h4-13,19-20,22H,14H2,1-3H3/t19-,22+/m1/s1. The van der Waals surface area contributed by atoms with Gasteiger partial charge in [0.05, 0.1) is 12.9 Å². The van der Waals surface area contributed by atoms with Crippen molar-refractivity contribution in [3.63, 3.8) is 0 Å². The number of rotatable bonds is 6. The second kappa shape index (κ2) is 8.53.